The summed E-state index contributed by atoms with van der Waals surface area (Å²) in [5.74, 6) is 0.272. The molecule has 2 fully saturated rings. The lowest BCUT2D eigenvalue weighted by molar-refractivity contribution is -0.139. The summed E-state index contributed by atoms with van der Waals surface area (Å²) in [6, 6.07) is 0.114. The van der Waals surface area contributed by atoms with E-state index in [4.69, 9.17) is 0 Å². The van der Waals surface area contributed by atoms with Crippen LogP contribution >= 0.6 is 0 Å². The van der Waals surface area contributed by atoms with Gasteiger partial charge in [0, 0.05) is 38.5 Å². The Balaban J connectivity index is 2.11. The zero-order valence-electron chi connectivity index (χ0n) is 18.1. The fourth-order valence-corrected chi connectivity index (χ4v) is 4.70. The van der Waals surface area contributed by atoms with Gasteiger partial charge in [0.05, 0.1) is 5.92 Å². The molecule has 0 aromatic heterocycles. The molecule has 3 amide bonds. The second-order valence-corrected chi connectivity index (χ2v) is 8.52. The summed E-state index contributed by atoms with van der Waals surface area (Å²) in [6.07, 6.45) is 4.66. The van der Waals surface area contributed by atoms with Crippen molar-refractivity contribution in [2.24, 2.45) is 11.8 Å². The van der Waals surface area contributed by atoms with Crippen LogP contribution in [0, 0.1) is 11.8 Å². The number of imide groups is 1. The van der Waals surface area contributed by atoms with Gasteiger partial charge in [0.25, 0.3) is 0 Å². The van der Waals surface area contributed by atoms with Gasteiger partial charge in [-0.05, 0) is 65.7 Å². The van der Waals surface area contributed by atoms with E-state index in [1.54, 1.807) is 0 Å². The molecule has 2 rings (SSSR count). The third kappa shape index (κ3) is 6.01. The van der Waals surface area contributed by atoms with Crippen LogP contribution in [0.5, 0.6) is 0 Å². The maximum atomic E-state index is 13.3. The average Bonchev–Trinajstić information content (AvgIpc) is 2.64. The van der Waals surface area contributed by atoms with Gasteiger partial charge in [0.1, 0.15) is 5.78 Å². The minimum atomic E-state index is -0.296. The van der Waals surface area contributed by atoms with E-state index in [1.165, 1.54) is 4.90 Å². The molecule has 3 atom stereocenters. The van der Waals surface area contributed by atoms with Gasteiger partial charge < -0.3 is 10.2 Å². The van der Waals surface area contributed by atoms with E-state index in [1.807, 2.05) is 21.0 Å². The number of carbonyl (C=O) groups is 3. The third-order valence-electron chi connectivity index (χ3n) is 5.95. The number of Topliss-reactive ketones (excluding diaryl/α,β-unsaturated/α-hetero) is 1. The highest BCUT2D eigenvalue weighted by atomic mass is 16.2. The van der Waals surface area contributed by atoms with Gasteiger partial charge in [0.15, 0.2) is 0 Å². The largest absolute Gasteiger partial charge is 0.338 e. The van der Waals surface area contributed by atoms with Crippen LogP contribution in [-0.4, -0.2) is 85.3 Å². The number of urea groups is 1. The quantitative estimate of drug-likeness (QED) is 0.681. The molecule has 7 heteroatoms. The number of hydrogen-bond donors (Lipinski definition) is 1. The molecule has 1 N–H and O–H groups in total. The van der Waals surface area contributed by atoms with Gasteiger partial charge in [-0.2, -0.15) is 0 Å². The van der Waals surface area contributed by atoms with E-state index >= 15 is 0 Å². The van der Waals surface area contributed by atoms with Gasteiger partial charge in [-0.15, -0.1) is 0 Å². The van der Waals surface area contributed by atoms with Crippen LogP contribution < -0.4 is 5.32 Å². The number of rotatable bonds is 8. The minimum Gasteiger partial charge on any atom is -0.338 e. The molecule has 7 nitrogen and oxygen atoms in total. The van der Waals surface area contributed by atoms with Crippen LogP contribution in [0.25, 0.3) is 0 Å². The molecule has 0 radical (unpaired) electrons. The van der Waals surface area contributed by atoms with Crippen molar-refractivity contribution in [2.75, 3.05) is 46.8 Å². The van der Waals surface area contributed by atoms with Crippen molar-refractivity contribution in [3.8, 4) is 0 Å². The molecule has 1 saturated heterocycles. The van der Waals surface area contributed by atoms with E-state index in [-0.39, 0.29) is 23.8 Å². The van der Waals surface area contributed by atoms with Gasteiger partial charge in [-0.25, -0.2) is 4.79 Å². The number of amides is 3. The molecule has 0 aromatic carbocycles. The first-order chi connectivity index (χ1) is 13.4. The second-order valence-electron chi connectivity index (χ2n) is 8.52. The molecule has 1 heterocycles. The molecule has 2 aliphatic rings. The summed E-state index contributed by atoms with van der Waals surface area (Å²) in [6.45, 7) is 7.42. The average molecular weight is 395 g/mol. The van der Waals surface area contributed by atoms with Crippen molar-refractivity contribution >= 4 is 17.7 Å². The Hall–Kier alpha value is -1.47. The number of nitrogens with zero attached hydrogens (tertiary/aromatic N) is 3. The third-order valence-corrected chi connectivity index (χ3v) is 5.95. The van der Waals surface area contributed by atoms with Crippen molar-refractivity contribution in [1.29, 1.82) is 0 Å². The predicted octanol–water partition coefficient (Wildman–Crippen LogP) is 1.97. The van der Waals surface area contributed by atoms with E-state index in [0.29, 0.717) is 44.3 Å². The molecule has 0 spiro atoms. The van der Waals surface area contributed by atoms with Crippen molar-refractivity contribution in [1.82, 2.24) is 20.0 Å². The zero-order valence-corrected chi connectivity index (χ0v) is 18.1. The van der Waals surface area contributed by atoms with Crippen molar-refractivity contribution in [3.63, 3.8) is 0 Å². The molecule has 1 saturated carbocycles. The normalized spacial score (nSPS) is 25.5. The van der Waals surface area contributed by atoms with Crippen LogP contribution in [0.3, 0.4) is 0 Å². The molecule has 28 heavy (non-hydrogen) atoms. The highest BCUT2D eigenvalue weighted by molar-refractivity contribution is 5.95. The Kier molecular flexibility index (Phi) is 8.89. The van der Waals surface area contributed by atoms with E-state index in [0.717, 1.165) is 38.8 Å². The van der Waals surface area contributed by atoms with E-state index in [9.17, 15) is 14.4 Å². The predicted molar refractivity (Wildman–Crippen MR) is 110 cm³/mol. The van der Waals surface area contributed by atoms with Gasteiger partial charge >= 0.3 is 6.03 Å². The number of fused-ring (bicyclic) bond motifs is 1. The maximum absolute atomic E-state index is 13.3. The smallest absolute Gasteiger partial charge is 0.324 e. The number of likely N-dealkylation sites (tertiary alicyclic amines) is 1. The van der Waals surface area contributed by atoms with Crippen LogP contribution in [-0.2, 0) is 9.59 Å². The summed E-state index contributed by atoms with van der Waals surface area (Å²) in [5, 5.41) is 2.79. The van der Waals surface area contributed by atoms with E-state index < -0.39 is 0 Å². The van der Waals surface area contributed by atoms with E-state index in [2.05, 4.69) is 22.0 Å². The van der Waals surface area contributed by atoms with Crippen molar-refractivity contribution in [2.45, 2.75) is 58.4 Å². The van der Waals surface area contributed by atoms with Crippen LogP contribution in [0.1, 0.15) is 52.4 Å². The molecular weight excluding hydrogens is 356 g/mol. The fraction of sp³-hybridized carbons (Fsp3) is 0.857. The van der Waals surface area contributed by atoms with Crippen molar-refractivity contribution < 1.29 is 14.4 Å². The maximum Gasteiger partial charge on any atom is 0.324 e. The molecule has 1 aliphatic carbocycles. The second kappa shape index (κ2) is 10.9. The summed E-state index contributed by atoms with van der Waals surface area (Å²) in [5.41, 5.74) is 0. The number of nitrogens with one attached hydrogen (secondary N) is 1. The first kappa shape index (κ1) is 22.8. The van der Waals surface area contributed by atoms with Crippen molar-refractivity contribution in [3.05, 3.63) is 0 Å². The first-order valence-corrected chi connectivity index (χ1v) is 10.9. The Labute approximate surface area is 169 Å². The standard InChI is InChI=1S/C21H38N4O3/c1-5-10-24-15-17(13-16-14-18(26)8-9-19(16)24)20(27)25(21(28)22-6-2)12-7-11-23(3)4/h16-17,19H,5-15H2,1-4H3,(H,22,28)/t16-,17-,19-/m1/s1. The lowest BCUT2D eigenvalue weighted by atomic mass is 9.74. The Morgan fingerprint density at radius 1 is 1.21 bits per heavy atom. The molecule has 1 aliphatic heterocycles. The lowest BCUT2D eigenvalue weighted by Crippen LogP contribution is -2.56. The summed E-state index contributed by atoms with van der Waals surface area (Å²) >= 11 is 0. The SMILES string of the molecule is CCCN1C[C@H](C(=O)N(CCCN(C)C)C(=O)NCC)C[C@@H]2CC(=O)CC[C@H]21. The summed E-state index contributed by atoms with van der Waals surface area (Å²) in [4.78, 5) is 43.8. The van der Waals surface area contributed by atoms with Crippen LogP contribution in [0.15, 0.2) is 0 Å². The summed E-state index contributed by atoms with van der Waals surface area (Å²) < 4.78 is 0. The minimum absolute atomic E-state index is 0.0812. The number of ketones is 1. The molecule has 0 unspecified atom stereocenters. The van der Waals surface area contributed by atoms with Crippen LogP contribution in [0.4, 0.5) is 4.79 Å². The molecule has 0 aromatic rings. The molecule has 160 valence electrons. The van der Waals surface area contributed by atoms with Crippen LogP contribution in [0.2, 0.25) is 0 Å². The summed E-state index contributed by atoms with van der Waals surface area (Å²) in [7, 11) is 3.98. The molecular formula is C21H38N4O3. The topological polar surface area (TPSA) is 73.0 Å². The zero-order chi connectivity index (χ0) is 20.7. The Morgan fingerprint density at radius 2 is 1.96 bits per heavy atom. The Morgan fingerprint density at radius 3 is 2.61 bits per heavy atom. The number of piperidine rings is 1. The molecule has 0 bridgehead atoms. The van der Waals surface area contributed by atoms with Gasteiger partial charge in [-0.1, -0.05) is 6.92 Å². The highest BCUT2D eigenvalue weighted by Gasteiger charge is 2.43. The van der Waals surface area contributed by atoms with Gasteiger partial charge in [0.2, 0.25) is 5.91 Å². The highest BCUT2D eigenvalue weighted by Crippen LogP contribution is 2.37. The monoisotopic (exact) mass is 394 g/mol. The lowest BCUT2D eigenvalue weighted by Gasteiger charge is -2.47. The number of hydrogen-bond acceptors (Lipinski definition) is 5. The first-order valence-electron chi connectivity index (χ1n) is 10.9. The van der Waals surface area contributed by atoms with Gasteiger partial charge in [-0.3, -0.25) is 19.4 Å². The fourth-order valence-electron chi connectivity index (χ4n) is 4.70. The number of carbonyl (C=O) groups excluding carboxylic acids is 3. The Bertz CT molecular complexity index is 552.